The Morgan fingerprint density at radius 2 is 1.15 bits per heavy atom. The molecule has 0 amide bonds. The van der Waals surface area contributed by atoms with E-state index in [1.54, 1.807) is 0 Å². The number of aromatic nitrogens is 2. The first-order valence-corrected chi connectivity index (χ1v) is 21.1. The molecule has 2 saturated carbocycles. The Bertz CT molecular complexity index is 2140. The van der Waals surface area contributed by atoms with Crippen molar-refractivity contribution in [2.45, 2.75) is 75.7 Å². The normalized spacial score (nSPS) is 17.3. The summed E-state index contributed by atoms with van der Waals surface area (Å²) in [6.07, 6.45) is 7.13. The smallest absolute Gasteiger partial charge is 0.138 e. The molecule has 3 fully saturated rings. The number of benzene rings is 5. The van der Waals surface area contributed by atoms with E-state index in [9.17, 15) is 0 Å². The van der Waals surface area contributed by atoms with Crippen LogP contribution in [-0.4, -0.2) is 37.9 Å². The van der Waals surface area contributed by atoms with E-state index < -0.39 is 5.54 Å². The molecule has 3 heterocycles. The molecule has 6 aromatic rings. The topological polar surface area (TPSA) is 57.9 Å². The van der Waals surface area contributed by atoms with Crippen molar-refractivity contribution in [3.05, 3.63) is 159 Å². The molecule has 0 bridgehead atoms. The lowest BCUT2D eigenvalue weighted by molar-refractivity contribution is 0.198. The zero-order valence-electron chi connectivity index (χ0n) is 30.8. The van der Waals surface area contributed by atoms with Crippen LogP contribution in [-0.2, 0) is 16.8 Å². The van der Waals surface area contributed by atoms with Crippen LogP contribution in [0.25, 0.3) is 10.9 Å². The van der Waals surface area contributed by atoms with Crippen LogP contribution in [0.1, 0.15) is 80.2 Å². The Morgan fingerprint density at radius 1 is 0.648 bits per heavy atom. The molecule has 0 spiro atoms. The second kappa shape index (κ2) is 15.8. The number of fused-ring (bicyclic) bond motifs is 2. The third-order valence-corrected chi connectivity index (χ3v) is 12.4. The van der Waals surface area contributed by atoms with E-state index >= 15 is 0 Å². The summed E-state index contributed by atoms with van der Waals surface area (Å²) < 4.78 is 21.4. The van der Waals surface area contributed by atoms with Gasteiger partial charge in [-0.3, -0.25) is 4.99 Å². The van der Waals surface area contributed by atoms with Crippen molar-refractivity contribution in [2.75, 3.05) is 13.2 Å². The second-order valence-electron chi connectivity index (χ2n) is 15.0. The van der Waals surface area contributed by atoms with Gasteiger partial charge in [-0.2, -0.15) is 5.10 Å². The Labute approximate surface area is 345 Å². The average Bonchev–Trinajstić information content (AvgIpc) is 3.84. The first kappa shape index (κ1) is 37.2. The summed E-state index contributed by atoms with van der Waals surface area (Å²) in [5.74, 6) is 1.90. The lowest BCUT2D eigenvalue weighted by Crippen LogP contribution is -2.38. The van der Waals surface area contributed by atoms with Gasteiger partial charge in [0.15, 0.2) is 0 Å². The number of hydrogen-bond donors (Lipinski definition) is 0. The molecule has 54 heavy (non-hydrogen) atoms. The molecule has 1 saturated heterocycles. The van der Waals surface area contributed by atoms with Crippen LogP contribution in [0.4, 0.5) is 0 Å². The highest BCUT2D eigenvalue weighted by Crippen LogP contribution is 2.45. The number of hydrogen-bond acceptors (Lipinski definition) is 5. The molecule has 0 radical (unpaired) electrons. The molecule has 2 aliphatic carbocycles. The zero-order valence-corrected chi connectivity index (χ0v) is 35.1. The van der Waals surface area contributed by atoms with E-state index in [1.165, 1.54) is 53.5 Å². The monoisotopic (exact) mass is 941 g/mol. The third-order valence-electron chi connectivity index (χ3n) is 10.7. The van der Waals surface area contributed by atoms with Gasteiger partial charge in [0.25, 0.3) is 0 Å². The highest BCUT2D eigenvalue weighted by molar-refractivity contribution is 14.1. The third kappa shape index (κ3) is 7.97. The van der Waals surface area contributed by atoms with Crippen molar-refractivity contribution in [3.8, 4) is 11.5 Å². The summed E-state index contributed by atoms with van der Waals surface area (Å²) in [7, 11) is 0. The van der Waals surface area contributed by atoms with Crippen LogP contribution >= 0.6 is 45.2 Å². The van der Waals surface area contributed by atoms with Gasteiger partial charge in [0, 0.05) is 24.2 Å². The summed E-state index contributed by atoms with van der Waals surface area (Å²) in [4.78, 5) is 4.41. The van der Waals surface area contributed by atoms with Crippen molar-refractivity contribution in [1.29, 1.82) is 0 Å². The predicted octanol–water partition coefficient (Wildman–Crippen LogP) is 11.5. The van der Waals surface area contributed by atoms with Crippen molar-refractivity contribution in [2.24, 2.45) is 4.99 Å². The van der Waals surface area contributed by atoms with Crippen LogP contribution in [0.5, 0.6) is 11.5 Å². The van der Waals surface area contributed by atoms with Crippen LogP contribution < -0.4 is 9.47 Å². The Kier molecular flexibility index (Phi) is 10.9. The molecule has 2 aliphatic heterocycles. The molecule has 6 nitrogen and oxygen atoms in total. The van der Waals surface area contributed by atoms with Gasteiger partial charge in [-0.1, -0.05) is 97.1 Å². The van der Waals surface area contributed by atoms with Crippen LogP contribution in [0.2, 0.25) is 0 Å². The van der Waals surface area contributed by atoms with E-state index in [0.717, 1.165) is 62.4 Å². The first-order valence-electron chi connectivity index (χ1n) is 18.9. The van der Waals surface area contributed by atoms with Gasteiger partial charge in [0.1, 0.15) is 35.7 Å². The van der Waals surface area contributed by atoms with E-state index in [1.807, 2.05) is 0 Å². The summed E-state index contributed by atoms with van der Waals surface area (Å²) in [6, 6.07) is 44.8. The SMILES string of the molecule is C1CCOC1.CC1(Oc2ccc3c(c2)C(I)=NC3)CC1.CC1(Oc2ccc3c(c2)c(I)nn3C(c2ccccc2)(c2ccccc2)c2ccccc2)CC1. The molecule has 1 aromatic heterocycles. The van der Waals surface area contributed by atoms with E-state index in [4.69, 9.17) is 19.3 Å². The van der Waals surface area contributed by atoms with Crippen LogP contribution in [0.3, 0.4) is 0 Å². The number of aliphatic imine (C=N–C) groups is 1. The van der Waals surface area contributed by atoms with Gasteiger partial charge in [-0.15, -0.1) is 0 Å². The highest BCUT2D eigenvalue weighted by Gasteiger charge is 2.42. The number of rotatable bonds is 8. The minimum Gasteiger partial charge on any atom is -0.488 e. The molecule has 5 aromatic carbocycles. The zero-order chi connectivity index (χ0) is 37.2. The summed E-state index contributed by atoms with van der Waals surface area (Å²) >= 11 is 4.65. The maximum absolute atomic E-state index is 6.28. The molecule has 276 valence electrons. The van der Waals surface area contributed by atoms with Gasteiger partial charge in [0.05, 0.1) is 12.1 Å². The minimum absolute atomic E-state index is 0.0169. The summed E-state index contributed by atoms with van der Waals surface area (Å²) in [5.41, 5.74) is 6.60. The number of nitrogens with zero attached hydrogens (tertiary/aromatic N) is 3. The van der Waals surface area contributed by atoms with Crippen molar-refractivity contribution >= 4 is 59.8 Å². The Morgan fingerprint density at radius 3 is 1.63 bits per heavy atom. The van der Waals surface area contributed by atoms with E-state index in [2.05, 4.69) is 196 Å². The highest BCUT2D eigenvalue weighted by atomic mass is 127. The lowest BCUT2D eigenvalue weighted by Gasteiger charge is -2.37. The van der Waals surface area contributed by atoms with Crippen molar-refractivity contribution in [3.63, 3.8) is 0 Å². The molecule has 8 heteroatoms. The first-order chi connectivity index (χ1) is 26.3. The molecule has 0 atom stereocenters. The Hall–Kier alpha value is -3.74. The van der Waals surface area contributed by atoms with E-state index in [0.29, 0.717) is 0 Å². The Balaban J connectivity index is 0.000000169. The molecular weight excluding hydrogens is 896 g/mol. The maximum atomic E-state index is 6.28. The fourth-order valence-electron chi connectivity index (χ4n) is 7.11. The number of ether oxygens (including phenoxy) is 3. The lowest BCUT2D eigenvalue weighted by atomic mass is 9.77. The largest absolute Gasteiger partial charge is 0.488 e. The van der Waals surface area contributed by atoms with Crippen molar-refractivity contribution < 1.29 is 14.2 Å². The standard InChI is InChI=1S/C30H25IN2O.C12H12INO.C4H8O/c1-29(19-20-29)34-25-17-18-27-26(21-25)28(31)32-33(27)30(22-11-5-2-6-12-22,23-13-7-3-8-14-23)24-15-9-4-10-16-24;1-12(4-5-12)15-9-3-2-8-7-14-11(13)10(8)6-9;1-2-4-5-3-1/h2-18,21H,19-20H2,1H3;2-3,6H,4-5,7H2,1H3;1-4H2. The molecule has 4 aliphatic rings. The quantitative estimate of drug-likeness (QED) is 0.113. The van der Waals surface area contributed by atoms with Crippen molar-refractivity contribution in [1.82, 2.24) is 9.78 Å². The van der Waals surface area contributed by atoms with Gasteiger partial charge in [-0.05, 0) is 150 Å². The minimum atomic E-state index is -0.629. The van der Waals surface area contributed by atoms with Crippen LogP contribution in [0.15, 0.2) is 132 Å². The van der Waals surface area contributed by atoms with Gasteiger partial charge >= 0.3 is 0 Å². The van der Waals surface area contributed by atoms with Gasteiger partial charge in [0.2, 0.25) is 0 Å². The maximum Gasteiger partial charge on any atom is 0.138 e. The van der Waals surface area contributed by atoms with Crippen LogP contribution in [0, 0.1) is 3.70 Å². The fraction of sp³-hybridized carbons (Fsp3) is 0.304. The molecular formula is C46H45I2N3O3. The number of halogens is 2. The van der Waals surface area contributed by atoms with Gasteiger partial charge < -0.3 is 14.2 Å². The summed E-state index contributed by atoms with van der Waals surface area (Å²) in [6.45, 7) is 7.17. The molecule has 0 unspecified atom stereocenters. The van der Waals surface area contributed by atoms with E-state index in [-0.39, 0.29) is 11.2 Å². The second-order valence-corrected chi connectivity index (χ2v) is 17.1. The fourth-order valence-corrected chi connectivity index (χ4v) is 8.43. The predicted molar refractivity (Wildman–Crippen MR) is 234 cm³/mol. The summed E-state index contributed by atoms with van der Waals surface area (Å²) in [5, 5.41) is 6.30. The molecule has 10 rings (SSSR count). The van der Waals surface area contributed by atoms with Gasteiger partial charge in [-0.25, -0.2) is 4.68 Å². The molecule has 0 N–H and O–H groups in total. The average molecular weight is 942 g/mol.